The molecule has 0 aliphatic carbocycles. The number of nitrogens with zero attached hydrogens (tertiary/aromatic N) is 2. The lowest BCUT2D eigenvalue weighted by atomic mass is 10.2. The highest BCUT2D eigenvalue weighted by Gasteiger charge is 2.14. The third-order valence-electron chi connectivity index (χ3n) is 3.94. The minimum Gasteiger partial charge on any atom is -0.268 e. The van der Waals surface area contributed by atoms with Crippen molar-refractivity contribution in [1.29, 1.82) is 0 Å². The van der Waals surface area contributed by atoms with Crippen molar-refractivity contribution in [1.82, 2.24) is 20.6 Å². The molecule has 0 aliphatic heterocycles. The van der Waals surface area contributed by atoms with Gasteiger partial charge in [-0.3, -0.25) is 25.1 Å². The van der Waals surface area contributed by atoms with Crippen LogP contribution in [0.5, 0.6) is 0 Å². The summed E-state index contributed by atoms with van der Waals surface area (Å²) in [6.45, 7) is 4.61. The van der Waals surface area contributed by atoms with E-state index in [-0.39, 0.29) is 5.91 Å². The summed E-state index contributed by atoms with van der Waals surface area (Å²) in [4.78, 5) is 26.1. The van der Waals surface area contributed by atoms with E-state index in [2.05, 4.69) is 22.9 Å². The summed E-state index contributed by atoms with van der Waals surface area (Å²) in [6.07, 6.45) is 4.02. The third kappa shape index (κ3) is 4.18. The zero-order valence-corrected chi connectivity index (χ0v) is 15.5. The first-order valence-corrected chi connectivity index (χ1v) is 9.15. The minimum absolute atomic E-state index is 0.317. The number of amides is 2. The highest BCUT2D eigenvalue weighted by atomic mass is 32.1. The van der Waals surface area contributed by atoms with E-state index in [0.717, 1.165) is 17.5 Å². The van der Waals surface area contributed by atoms with Crippen LogP contribution in [0.2, 0.25) is 0 Å². The SMILES string of the molecule is CCc1sc(C(=O)NNC(=O)c2cnn(Cc3ccccc3)c2)cc1C. The van der Waals surface area contributed by atoms with Crippen LogP contribution >= 0.6 is 11.3 Å². The van der Waals surface area contributed by atoms with E-state index in [0.29, 0.717) is 17.0 Å². The molecule has 0 atom stereocenters. The van der Waals surface area contributed by atoms with Crippen LogP contribution in [0.25, 0.3) is 0 Å². The summed E-state index contributed by atoms with van der Waals surface area (Å²) < 4.78 is 1.68. The Labute approximate surface area is 155 Å². The van der Waals surface area contributed by atoms with Crippen LogP contribution in [0.3, 0.4) is 0 Å². The highest BCUT2D eigenvalue weighted by molar-refractivity contribution is 7.14. The van der Waals surface area contributed by atoms with Crippen LogP contribution in [-0.2, 0) is 13.0 Å². The topological polar surface area (TPSA) is 76.0 Å². The minimum atomic E-state index is -0.401. The first kappa shape index (κ1) is 17.9. The fourth-order valence-corrected chi connectivity index (χ4v) is 3.58. The normalized spacial score (nSPS) is 10.5. The number of aryl methyl sites for hydroxylation is 2. The van der Waals surface area contributed by atoms with Gasteiger partial charge in [-0.05, 0) is 30.5 Å². The molecule has 0 radical (unpaired) electrons. The fraction of sp³-hybridized carbons (Fsp3) is 0.211. The largest absolute Gasteiger partial charge is 0.279 e. The molecule has 6 nitrogen and oxygen atoms in total. The predicted octanol–water partition coefficient (Wildman–Crippen LogP) is 2.94. The van der Waals surface area contributed by atoms with Gasteiger partial charge < -0.3 is 0 Å². The molecule has 134 valence electrons. The number of carbonyl (C=O) groups excluding carboxylic acids is 2. The van der Waals surface area contributed by atoms with E-state index in [1.807, 2.05) is 43.3 Å². The highest BCUT2D eigenvalue weighted by Crippen LogP contribution is 2.22. The molecule has 7 heteroatoms. The number of thiophene rings is 1. The smallest absolute Gasteiger partial charge is 0.268 e. The molecule has 0 bridgehead atoms. The van der Waals surface area contributed by atoms with E-state index in [4.69, 9.17) is 0 Å². The van der Waals surface area contributed by atoms with Gasteiger partial charge in [0, 0.05) is 11.1 Å². The Kier molecular flexibility index (Phi) is 5.48. The Morgan fingerprint density at radius 1 is 1.15 bits per heavy atom. The van der Waals surface area contributed by atoms with Crippen LogP contribution in [0.1, 0.15) is 43.0 Å². The van der Waals surface area contributed by atoms with Gasteiger partial charge in [0.2, 0.25) is 0 Å². The second-order valence-electron chi connectivity index (χ2n) is 5.89. The number of benzene rings is 1. The second-order valence-corrected chi connectivity index (χ2v) is 7.03. The predicted molar refractivity (Wildman–Crippen MR) is 101 cm³/mol. The number of nitrogens with one attached hydrogen (secondary N) is 2. The number of hydrazine groups is 1. The molecule has 26 heavy (non-hydrogen) atoms. The van der Waals surface area contributed by atoms with Crippen molar-refractivity contribution in [2.75, 3.05) is 0 Å². The van der Waals surface area contributed by atoms with E-state index < -0.39 is 5.91 Å². The van der Waals surface area contributed by atoms with Gasteiger partial charge in [-0.15, -0.1) is 11.3 Å². The van der Waals surface area contributed by atoms with E-state index in [1.54, 1.807) is 10.9 Å². The van der Waals surface area contributed by atoms with Crippen molar-refractivity contribution in [3.63, 3.8) is 0 Å². The molecular formula is C19H20N4O2S. The lowest BCUT2D eigenvalue weighted by Gasteiger charge is -2.04. The fourth-order valence-electron chi connectivity index (χ4n) is 2.57. The van der Waals surface area contributed by atoms with Gasteiger partial charge in [-0.1, -0.05) is 37.3 Å². The standard InChI is InChI=1S/C19H20N4O2S/c1-3-16-13(2)9-17(26-16)19(25)22-21-18(24)15-10-20-23(12-15)11-14-7-5-4-6-8-14/h4-10,12H,3,11H2,1-2H3,(H,21,24)(H,22,25). The van der Waals surface area contributed by atoms with Crippen molar-refractivity contribution < 1.29 is 9.59 Å². The van der Waals surface area contributed by atoms with Crippen LogP contribution in [0, 0.1) is 6.92 Å². The molecule has 0 saturated carbocycles. The van der Waals surface area contributed by atoms with Crippen molar-refractivity contribution in [2.24, 2.45) is 0 Å². The summed E-state index contributed by atoms with van der Waals surface area (Å²) in [5, 5.41) is 4.19. The van der Waals surface area contributed by atoms with Gasteiger partial charge in [0.05, 0.1) is 23.2 Å². The Morgan fingerprint density at radius 2 is 1.88 bits per heavy atom. The molecular weight excluding hydrogens is 348 g/mol. The molecule has 0 aliphatic rings. The number of hydrogen-bond donors (Lipinski definition) is 2. The van der Waals surface area contributed by atoms with Crippen LogP contribution in [-0.4, -0.2) is 21.6 Å². The van der Waals surface area contributed by atoms with Gasteiger partial charge in [0.25, 0.3) is 11.8 Å². The third-order valence-corrected chi connectivity index (χ3v) is 5.32. The van der Waals surface area contributed by atoms with E-state index in [1.165, 1.54) is 22.4 Å². The Morgan fingerprint density at radius 3 is 2.58 bits per heavy atom. The van der Waals surface area contributed by atoms with Crippen molar-refractivity contribution in [3.8, 4) is 0 Å². The molecule has 3 rings (SSSR count). The molecule has 2 heterocycles. The van der Waals surface area contributed by atoms with E-state index in [9.17, 15) is 9.59 Å². The monoisotopic (exact) mass is 368 g/mol. The van der Waals surface area contributed by atoms with Crippen LogP contribution in [0.4, 0.5) is 0 Å². The number of rotatable bonds is 5. The van der Waals surface area contributed by atoms with E-state index >= 15 is 0 Å². The first-order valence-electron chi connectivity index (χ1n) is 8.33. The lowest BCUT2D eigenvalue weighted by molar-refractivity contribution is 0.0849. The van der Waals surface area contributed by atoms with Crippen molar-refractivity contribution in [2.45, 2.75) is 26.8 Å². The molecule has 0 saturated heterocycles. The van der Waals surface area contributed by atoms with Gasteiger partial charge in [-0.2, -0.15) is 5.10 Å². The molecule has 0 spiro atoms. The Bertz CT molecular complexity index is 915. The van der Waals surface area contributed by atoms with Crippen LogP contribution < -0.4 is 10.9 Å². The molecule has 2 N–H and O–H groups in total. The quantitative estimate of drug-likeness (QED) is 0.680. The summed E-state index contributed by atoms with van der Waals surface area (Å²) >= 11 is 1.44. The first-order chi connectivity index (χ1) is 12.6. The number of aromatic nitrogens is 2. The number of hydrogen-bond acceptors (Lipinski definition) is 4. The van der Waals surface area contributed by atoms with Crippen LogP contribution in [0.15, 0.2) is 48.8 Å². The maximum Gasteiger partial charge on any atom is 0.279 e. The van der Waals surface area contributed by atoms with Gasteiger partial charge >= 0.3 is 0 Å². The van der Waals surface area contributed by atoms with Crippen molar-refractivity contribution >= 4 is 23.2 Å². The average molecular weight is 368 g/mol. The molecule has 0 unspecified atom stereocenters. The average Bonchev–Trinajstić information content (AvgIpc) is 3.26. The summed E-state index contributed by atoms with van der Waals surface area (Å²) in [6, 6.07) is 11.7. The molecule has 1 aromatic carbocycles. The molecule has 0 fully saturated rings. The summed E-state index contributed by atoms with van der Waals surface area (Å²) in [5.41, 5.74) is 7.47. The summed E-state index contributed by atoms with van der Waals surface area (Å²) in [7, 11) is 0. The lowest BCUT2D eigenvalue weighted by Crippen LogP contribution is -2.41. The second kappa shape index (κ2) is 7.97. The van der Waals surface area contributed by atoms with Gasteiger partial charge in [0.15, 0.2) is 0 Å². The molecule has 2 aromatic heterocycles. The van der Waals surface area contributed by atoms with Gasteiger partial charge in [0.1, 0.15) is 0 Å². The maximum atomic E-state index is 12.2. The maximum absolute atomic E-state index is 12.2. The Hall–Kier alpha value is -2.93. The zero-order chi connectivity index (χ0) is 18.5. The summed E-state index contributed by atoms with van der Waals surface area (Å²) in [5.74, 6) is -0.718. The van der Waals surface area contributed by atoms with Crippen molar-refractivity contribution in [3.05, 3.63) is 75.2 Å². The molecule has 2 amide bonds. The molecule has 3 aromatic rings. The zero-order valence-electron chi connectivity index (χ0n) is 14.7. The number of carbonyl (C=O) groups is 2. The van der Waals surface area contributed by atoms with Gasteiger partial charge in [-0.25, -0.2) is 0 Å². The Balaban J connectivity index is 1.57.